The van der Waals surface area contributed by atoms with Gasteiger partial charge in [-0.15, -0.1) is 0 Å². The molecule has 0 aliphatic carbocycles. The molecule has 0 unspecified atom stereocenters. The molecular formula is C18H13NO3. The molecule has 0 saturated heterocycles. The minimum Gasteiger partial charge on any atom is -0.502 e. The average Bonchev–Trinajstić information content (AvgIpc) is 2.93. The van der Waals surface area contributed by atoms with Crippen LogP contribution >= 0.6 is 0 Å². The van der Waals surface area contributed by atoms with Crippen LogP contribution in [0.1, 0.15) is 0 Å². The van der Waals surface area contributed by atoms with E-state index in [1.807, 2.05) is 48.1 Å². The molecule has 0 amide bonds. The first-order chi connectivity index (χ1) is 10.7. The standard InChI is InChI=1S/C18H13NO3/c1-19-10-9-12-14(19)8-7-13-15(20)16(21)17(22-18(12)13)11-5-3-2-4-6-11/h2-10,21H,1H3. The van der Waals surface area contributed by atoms with Gasteiger partial charge in [0.1, 0.15) is 5.58 Å². The van der Waals surface area contributed by atoms with Crippen molar-refractivity contribution in [1.29, 1.82) is 0 Å². The van der Waals surface area contributed by atoms with Gasteiger partial charge in [0.05, 0.1) is 10.9 Å². The van der Waals surface area contributed by atoms with Crippen LogP contribution in [0.2, 0.25) is 0 Å². The van der Waals surface area contributed by atoms with Crippen LogP contribution in [0.25, 0.3) is 33.2 Å². The van der Waals surface area contributed by atoms with Gasteiger partial charge in [-0.25, -0.2) is 0 Å². The minimum absolute atomic E-state index is 0.203. The first-order valence-electron chi connectivity index (χ1n) is 6.96. The third-order valence-electron chi connectivity index (χ3n) is 3.93. The van der Waals surface area contributed by atoms with Gasteiger partial charge < -0.3 is 14.1 Å². The molecule has 0 aliphatic heterocycles. The molecule has 2 aromatic carbocycles. The Morgan fingerprint density at radius 1 is 1.00 bits per heavy atom. The maximum atomic E-state index is 12.5. The Bertz CT molecular complexity index is 1060. The highest BCUT2D eigenvalue weighted by atomic mass is 16.4. The van der Waals surface area contributed by atoms with Crippen molar-refractivity contribution in [2.24, 2.45) is 7.05 Å². The summed E-state index contributed by atoms with van der Waals surface area (Å²) >= 11 is 0. The van der Waals surface area contributed by atoms with Crippen LogP contribution in [0.4, 0.5) is 0 Å². The van der Waals surface area contributed by atoms with Crippen molar-refractivity contribution in [3.05, 3.63) is 65.0 Å². The van der Waals surface area contributed by atoms with Crippen molar-refractivity contribution < 1.29 is 9.52 Å². The molecule has 0 atom stereocenters. The molecule has 4 heteroatoms. The van der Waals surface area contributed by atoms with Gasteiger partial charge in [-0.3, -0.25) is 4.79 Å². The number of benzene rings is 2. The second-order valence-electron chi connectivity index (χ2n) is 5.28. The summed E-state index contributed by atoms with van der Waals surface area (Å²) in [6.07, 6.45) is 1.92. The van der Waals surface area contributed by atoms with E-state index in [0.29, 0.717) is 16.5 Å². The first-order valence-corrected chi connectivity index (χ1v) is 6.96. The lowest BCUT2D eigenvalue weighted by molar-refractivity contribution is 0.449. The van der Waals surface area contributed by atoms with Crippen molar-refractivity contribution in [2.45, 2.75) is 0 Å². The van der Waals surface area contributed by atoms with Crippen molar-refractivity contribution >= 4 is 21.9 Å². The zero-order valence-corrected chi connectivity index (χ0v) is 11.9. The fourth-order valence-electron chi connectivity index (χ4n) is 2.78. The molecule has 2 heterocycles. The normalized spacial score (nSPS) is 11.3. The van der Waals surface area contributed by atoms with E-state index in [2.05, 4.69) is 0 Å². The van der Waals surface area contributed by atoms with Crippen LogP contribution in [0.15, 0.2) is 63.9 Å². The summed E-state index contributed by atoms with van der Waals surface area (Å²) < 4.78 is 7.88. The number of aromatic hydroxyl groups is 1. The van der Waals surface area contributed by atoms with Crippen LogP contribution in [-0.4, -0.2) is 9.67 Å². The maximum Gasteiger partial charge on any atom is 0.235 e. The lowest BCUT2D eigenvalue weighted by Gasteiger charge is -2.07. The van der Waals surface area contributed by atoms with Crippen LogP contribution in [0, 0.1) is 0 Å². The van der Waals surface area contributed by atoms with E-state index < -0.39 is 5.43 Å². The second kappa shape index (κ2) is 4.49. The van der Waals surface area contributed by atoms with E-state index in [1.165, 1.54) is 0 Å². The van der Waals surface area contributed by atoms with E-state index >= 15 is 0 Å². The molecule has 4 nitrogen and oxygen atoms in total. The molecule has 108 valence electrons. The number of hydrogen-bond acceptors (Lipinski definition) is 3. The summed E-state index contributed by atoms with van der Waals surface area (Å²) in [7, 11) is 1.94. The van der Waals surface area contributed by atoms with Gasteiger partial charge in [0, 0.05) is 24.2 Å². The summed E-state index contributed by atoms with van der Waals surface area (Å²) in [4.78, 5) is 12.5. The zero-order chi connectivity index (χ0) is 15.3. The molecule has 0 saturated carbocycles. The molecule has 0 fully saturated rings. The topological polar surface area (TPSA) is 55.4 Å². The number of rotatable bonds is 1. The number of nitrogens with zero attached hydrogens (tertiary/aromatic N) is 1. The highest BCUT2D eigenvalue weighted by Crippen LogP contribution is 2.33. The molecule has 22 heavy (non-hydrogen) atoms. The quantitative estimate of drug-likeness (QED) is 0.582. The summed E-state index contributed by atoms with van der Waals surface area (Å²) in [5.41, 5.74) is 1.73. The summed E-state index contributed by atoms with van der Waals surface area (Å²) in [5.74, 6) is -0.150. The van der Waals surface area contributed by atoms with Crippen LogP contribution in [-0.2, 0) is 7.05 Å². The van der Waals surface area contributed by atoms with Crippen LogP contribution in [0.3, 0.4) is 0 Å². The van der Waals surface area contributed by atoms with Gasteiger partial charge in [-0.2, -0.15) is 0 Å². The molecule has 1 N–H and O–H groups in total. The Balaban J connectivity index is 2.18. The summed E-state index contributed by atoms with van der Waals surface area (Å²) in [6.45, 7) is 0. The minimum atomic E-state index is -0.411. The third-order valence-corrected chi connectivity index (χ3v) is 3.93. The monoisotopic (exact) mass is 291 g/mol. The van der Waals surface area contributed by atoms with Gasteiger partial charge in [-0.1, -0.05) is 30.3 Å². The second-order valence-corrected chi connectivity index (χ2v) is 5.28. The van der Waals surface area contributed by atoms with E-state index in [4.69, 9.17) is 4.42 Å². The van der Waals surface area contributed by atoms with Crippen LogP contribution in [0.5, 0.6) is 5.75 Å². The van der Waals surface area contributed by atoms with E-state index in [9.17, 15) is 9.90 Å². The number of aromatic nitrogens is 1. The van der Waals surface area contributed by atoms with E-state index in [1.54, 1.807) is 18.2 Å². The Morgan fingerprint density at radius 2 is 1.77 bits per heavy atom. The lowest BCUT2D eigenvalue weighted by Crippen LogP contribution is -2.02. The van der Waals surface area contributed by atoms with Crippen molar-refractivity contribution in [2.75, 3.05) is 0 Å². The van der Waals surface area contributed by atoms with Gasteiger partial charge in [0.15, 0.2) is 5.76 Å². The predicted molar refractivity (Wildman–Crippen MR) is 86.1 cm³/mol. The van der Waals surface area contributed by atoms with Gasteiger partial charge >= 0.3 is 0 Å². The van der Waals surface area contributed by atoms with Gasteiger partial charge in [0.2, 0.25) is 11.2 Å². The van der Waals surface area contributed by atoms with E-state index in [-0.39, 0.29) is 11.5 Å². The van der Waals surface area contributed by atoms with Gasteiger partial charge in [-0.05, 0) is 18.2 Å². The molecule has 2 aromatic heterocycles. The Morgan fingerprint density at radius 3 is 2.55 bits per heavy atom. The average molecular weight is 291 g/mol. The van der Waals surface area contributed by atoms with Crippen LogP contribution < -0.4 is 5.43 Å². The predicted octanol–water partition coefficient (Wildman–Crippen LogP) is 3.66. The third kappa shape index (κ3) is 1.67. The molecule has 4 aromatic rings. The Hall–Kier alpha value is -3.01. The zero-order valence-electron chi connectivity index (χ0n) is 11.9. The summed E-state index contributed by atoms with van der Waals surface area (Å²) in [5, 5.41) is 11.5. The molecule has 0 radical (unpaired) electrons. The number of aryl methyl sites for hydroxylation is 1. The van der Waals surface area contributed by atoms with Crippen molar-refractivity contribution in [1.82, 2.24) is 4.57 Å². The number of hydrogen-bond donors (Lipinski definition) is 1. The molecular weight excluding hydrogens is 278 g/mol. The highest BCUT2D eigenvalue weighted by Gasteiger charge is 2.17. The molecule has 4 rings (SSSR count). The summed E-state index contributed by atoms with van der Waals surface area (Å²) in [6, 6.07) is 14.6. The molecule has 0 aliphatic rings. The largest absolute Gasteiger partial charge is 0.502 e. The SMILES string of the molecule is Cn1ccc2c3oc(-c4ccccc4)c(O)c(=O)c3ccc21. The van der Waals surface area contributed by atoms with Gasteiger partial charge in [0.25, 0.3) is 0 Å². The Labute approximate surface area is 125 Å². The van der Waals surface area contributed by atoms with E-state index in [0.717, 1.165) is 10.9 Å². The molecule has 0 bridgehead atoms. The fraction of sp³-hybridized carbons (Fsp3) is 0.0556. The molecule has 0 spiro atoms. The smallest absolute Gasteiger partial charge is 0.235 e. The Kier molecular flexibility index (Phi) is 2.60. The highest BCUT2D eigenvalue weighted by molar-refractivity contribution is 6.04. The first kappa shape index (κ1) is 12.7. The lowest BCUT2D eigenvalue weighted by atomic mass is 10.1. The number of fused-ring (bicyclic) bond motifs is 3. The van der Waals surface area contributed by atoms with Crippen molar-refractivity contribution in [3.8, 4) is 17.1 Å². The maximum absolute atomic E-state index is 12.5. The van der Waals surface area contributed by atoms with Crippen molar-refractivity contribution in [3.63, 3.8) is 0 Å². The fourth-order valence-corrected chi connectivity index (χ4v) is 2.78.